The Bertz CT molecular complexity index is 1180. The van der Waals surface area contributed by atoms with E-state index in [2.05, 4.69) is 34.5 Å². The number of carbonyl (C=O) groups excluding carboxylic acids is 2. The molecule has 0 aliphatic carbocycles. The molecule has 3 aromatic rings. The Labute approximate surface area is 199 Å². The smallest absolute Gasteiger partial charge is 0.267 e. The molecule has 5 rings (SSSR count). The van der Waals surface area contributed by atoms with Crippen molar-refractivity contribution in [2.75, 3.05) is 39.3 Å². The third kappa shape index (κ3) is 4.70. The standard InChI is InChI=1S/C27H29N3O4/c1-19(21-10-6-8-20-7-2-3-9-22(20)21)28-26(31)17-29-13-15-30(16-14-29)27(32)25-18-33-23-11-4-5-12-24(23)34-25/h2-12,19,25H,13-18H2,1H3,(H,28,31). The summed E-state index contributed by atoms with van der Waals surface area (Å²) in [5.41, 5.74) is 1.11. The maximum atomic E-state index is 12.9. The van der Waals surface area contributed by atoms with Crippen molar-refractivity contribution in [1.82, 2.24) is 15.1 Å². The number of carbonyl (C=O) groups is 2. The van der Waals surface area contributed by atoms with Crippen molar-refractivity contribution in [1.29, 1.82) is 0 Å². The van der Waals surface area contributed by atoms with Gasteiger partial charge in [-0.3, -0.25) is 14.5 Å². The van der Waals surface area contributed by atoms with Crippen molar-refractivity contribution < 1.29 is 19.1 Å². The van der Waals surface area contributed by atoms with E-state index in [0.717, 1.165) is 16.3 Å². The van der Waals surface area contributed by atoms with Crippen LogP contribution in [0.5, 0.6) is 11.5 Å². The molecule has 0 saturated carbocycles. The molecule has 1 fully saturated rings. The first-order chi connectivity index (χ1) is 16.6. The van der Waals surface area contributed by atoms with Gasteiger partial charge in [0.2, 0.25) is 12.0 Å². The molecule has 7 heteroatoms. The van der Waals surface area contributed by atoms with Crippen LogP contribution < -0.4 is 14.8 Å². The molecule has 0 aromatic heterocycles. The number of rotatable bonds is 5. The Hall–Kier alpha value is -3.58. The van der Waals surface area contributed by atoms with E-state index in [0.29, 0.717) is 44.2 Å². The van der Waals surface area contributed by atoms with E-state index in [1.54, 1.807) is 4.90 Å². The van der Waals surface area contributed by atoms with Crippen molar-refractivity contribution in [3.63, 3.8) is 0 Å². The molecule has 2 heterocycles. The lowest BCUT2D eigenvalue weighted by Crippen LogP contribution is -2.55. The van der Waals surface area contributed by atoms with Crippen molar-refractivity contribution in [2.45, 2.75) is 19.1 Å². The number of nitrogens with one attached hydrogen (secondary N) is 1. The number of benzene rings is 3. The second-order valence-corrected chi connectivity index (χ2v) is 8.82. The Morgan fingerprint density at radius 2 is 1.65 bits per heavy atom. The Morgan fingerprint density at radius 1 is 0.941 bits per heavy atom. The molecule has 2 aliphatic heterocycles. The topological polar surface area (TPSA) is 71.1 Å². The molecule has 34 heavy (non-hydrogen) atoms. The number of ether oxygens (including phenoxy) is 2. The fourth-order valence-corrected chi connectivity index (χ4v) is 4.67. The van der Waals surface area contributed by atoms with Gasteiger partial charge in [0.05, 0.1) is 12.6 Å². The van der Waals surface area contributed by atoms with E-state index in [1.165, 1.54) is 0 Å². The monoisotopic (exact) mass is 459 g/mol. The van der Waals surface area contributed by atoms with Gasteiger partial charge in [0.25, 0.3) is 5.91 Å². The number of para-hydroxylation sites is 2. The van der Waals surface area contributed by atoms with Gasteiger partial charge in [-0.25, -0.2) is 0 Å². The van der Waals surface area contributed by atoms with Gasteiger partial charge in [0, 0.05) is 26.2 Å². The van der Waals surface area contributed by atoms with Gasteiger partial charge >= 0.3 is 0 Å². The lowest BCUT2D eigenvalue weighted by molar-refractivity contribution is -0.143. The van der Waals surface area contributed by atoms with Gasteiger partial charge < -0.3 is 19.7 Å². The van der Waals surface area contributed by atoms with Crippen LogP contribution in [0.3, 0.4) is 0 Å². The van der Waals surface area contributed by atoms with Crippen LogP contribution in [0.15, 0.2) is 66.7 Å². The zero-order chi connectivity index (χ0) is 23.5. The third-order valence-corrected chi connectivity index (χ3v) is 6.50. The molecule has 7 nitrogen and oxygen atoms in total. The summed E-state index contributed by atoms with van der Waals surface area (Å²) in [5.74, 6) is 1.19. The maximum absolute atomic E-state index is 12.9. The first-order valence-corrected chi connectivity index (χ1v) is 11.7. The van der Waals surface area contributed by atoms with Crippen LogP contribution >= 0.6 is 0 Å². The quantitative estimate of drug-likeness (QED) is 0.635. The number of hydrogen-bond donors (Lipinski definition) is 1. The molecule has 2 atom stereocenters. The van der Waals surface area contributed by atoms with Gasteiger partial charge in [-0.05, 0) is 35.4 Å². The van der Waals surface area contributed by atoms with Crippen molar-refractivity contribution in [3.05, 3.63) is 72.3 Å². The summed E-state index contributed by atoms with van der Waals surface area (Å²) in [6.45, 7) is 4.95. The second-order valence-electron chi connectivity index (χ2n) is 8.82. The lowest BCUT2D eigenvalue weighted by Gasteiger charge is -2.37. The zero-order valence-corrected chi connectivity index (χ0v) is 19.3. The Morgan fingerprint density at radius 3 is 2.47 bits per heavy atom. The molecular formula is C27H29N3O4. The van der Waals surface area contributed by atoms with E-state index < -0.39 is 6.10 Å². The summed E-state index contributed by atoms with van der Waals surface area (Å²) in [5, 5.41) is 5.45. The van der Waals surface area contributed by atoms with Crippen molar-refractivity contribution >= 4 is 22.6 Å². The number of fused-ring (bicyclic) bond motifs is 2. The zero-order valence-electron chi connectivity index (χ0n) is 19.3. The van der Waals surface area contributed by atoms with Crippen LogP contribution in [0.25, 0.3) is 10.8 Å². The van der Waals surface area contributed by atoms with E-state index in [1.807, 2.05) is 49.4 Å². The highest BCUT2D eigenvalue weighted by atomic mass is 16.6. The Balaban J connectivity index is 1.11. The van der Waals surface area contributed by atoms with E-state index in [4.69, 9.17) is 9.47 Å². The van der Waals surface area contributed by atoms with Gasteiger partial charge in [-0.1, -0.05) is 54.6 Å². The number of nitrogens with zero attached hydrogens (tertiary/aromatic N) is 2. The predicted molar refractivity (Wildman–Crippen MR) is 130 cm³/mol. The largest absolute Gasteiger partial charge is 0.485 e. The molecule has 176 valence electrons. The van der Waals surface area contributed by atoms with Crippen LogP contribution in [0.1, 0.15) is 18.5 Å². The summed E-state index contributed by atoms with van der Waals surface area (Å²) in [7, 11) is 0. The summed E-state index contributed by atoms with van der Waals surface area (Å²) >= 11 is 0. The fraction of sp³-hybridized carbons (Fsp3) is 0.333. The molecule has 1 N–H and O–H groups in total. The van der Waals surface area contributed by atoms with Crippen LogP contribution in [-0.2, 0) is 9.59 Å². The minimum Gasteiger partial charge on any atom is -0.485 e. The molecule has 0 radical (unpaired) electrons. The highest BCUT2D eigenvalue weighted by Gasteiger charge is 2.33. The van der Waals surface area contributed by atoms with E-state index >= 15 is 0 Å². The van der Waals surface area contributed by atoms with Crippen molar-refractivity contribution in [2.24, 2.45) is 0 Å². The van der Waals surface area contributed by atoms with Crippen LogP contribution in [-0.4, -0.2) is 67.0 Å². The molecular weight excluding hydrogens is 430 g/mol. The van der Waals surface area contributed by atoms with Crippen LogP contribution in [0.4, 0.5) is 0 Å². The molecule has 3 aromatic carbocycles. The number of piperazine rings is 1. The summed E-state index contributed by atoms with van der Waals surface area (Å²) in [4.78, 5) is 29.6. The summed E-state index contributed by atoms with van der Waals surface area (Å²) < 4.78 is 11.5. The average Bonchev–Trinajstić information content (AvgIpc) is 2.88. The minimum atomic E-state index is -0.633. The highest BCUT2D eigenvalue weighted by molar-refractivity contribution is 5.87. The van der Waals surface area contributed by atoms with Gasteiger partial charge in [-0.2, -0.15) is 0 Å². The van der Waals surface area contributed by atoms with Gasteiger partial charge in [-0.15, -0.1) is 0 Å². The SMILES string of the molecule is CC(NC(=O)CN1CCN(C(=O)C2COc3ccccc3O2)CC1)c1cccc2ccccc12. The fourth-order valence-electron chi connectivity index (χ4n) is 4.67. The van der Waals surface area contributed by atoms with Crippen molar-refractivity contribution in [3.8, 4) is 11.5 Å². The molecule has 2 amide bonds. The summed E-state index contributed by atoms with van der Waals surface area (Å²) in [6.07, 6.45) is -0.633. The number of amides is 2. The predicted octanol–water partition coefficient (Wildman–Crippen LogP) is 3.00. The van der Waals surface area contributed by atoms with E-state index in [9.17, 15) is 9.59 Å². The van der Waals surface area contributed by atoms with Crippen LogP contribution in [0, 0.1) is 0 Å². The molecule has 2 aliphatic rings. The lowest BCUT2D eigenvalue weighted by atomic mass is 10.00. The number of hydrogen-bond acceptors (Lipinski definition) is 5. The van der Waals surface area contributed by atoms with Gasteiger partial charge in [0.15, 0.2) is 11.5 Å². The molecule has 1 saturated heterocycles. The second kappa shape index (κ2) is 9.73. The minimum absolute atomic E-state index is 0.0131. The third-order valence-electron chi connectivity index (χ3n) is 6.50. The highest BCUT2D eigenvalue weighted by Crippen LogP contribution is 2.31. The van der Waals surface area contributed by atoms with E-state index in [-0.39, 0.29) is 24.5 Å². The molecule has 0 spiro atoms. The first-order valence-electron chi connectivity index (χ1n) is 11.7. The van der Waals surface area contributed by atoms with Crippen LogP contribution in [0.2, 0.25) is 0 Å². The maximum Gasteiger partial charge on any atom is 0.267 e. The Kier molecular flexibility index (Phi) is 6.36. The first kappa shape index (κ1) is 22.2. The average molecular weight is 460 g/mol. The summed E-state index contributed by atoms with van der Waals surface area (Å²) in [6, 6.07) is 21.7. The van der Waals surface area contributed by atoms with Gasteiger partial charge in [0.1, 0.15) is 6.61 Å². The normalized spacial score (nSPS) is 19.0. The molecule has 2 unspecified atom stereocenters. The molecule has 0 bridgehead atoms.